The molecule has 0 aliphatic heterocycles. The Labute approximate surface area is 110 Å². The predicted octanol–water partition coefficient (Wildman–Crippen LogP) is 2.46. The van der Waals surface area contributed by atoms with Crippen LogP contribution in [0.3, 0.4) is 0 Å². The van der Waals surface area contributed by atoms with Gasteiger partial charge in [-0.15, -0.1) is 0 Å². The molecule has 1 aromatic rings. The van der Waals surface area contributed by atoms with Crippen LogP contribution < -0.4 is 5.32 Å². The Morgan fingerprint density at radius 3 is 2.71 bits per heavy atom. The Balaban J connectivity index is 2.64. The van der Waals surface area contributed by atoms with Crippen molar-refractivity contribution in [1.82, 2.24) is 5.32 Å². The number of hydrogen-bond donors (Lipinski definition) is 2. The summed E-state index contributed by atoms with van der Waals surface area (Å²) in [5.41, 5.74) is 0.163. The molecule has 3 nitrogen and oxygen atoms in total. The summed E-state index contributed by atoms with van der Waals surface area (Å²) in [7, 11) is 0. The van der Waals surface area contributed by atoms with Gasteiger partial charge in [-0.05, 0) is 18.2 Å². The summed E-state index contributed by atoms with van der Waals surface area (Å²) in [6.45, 7) is -0.525. The third-order valence-electron chi connectivity index (χ3n) is 1.94. The van der Waals surface area contributed by atoms with Crippen LogP contribution >= 0.6 is 27.5 Å². The Morgan fingerprint density at radius 2 is 2.18 bits per heavy atom. The average molecular weight is 329 g/mol. The zero-order chi connectivity index (χ0) is 13.0. The summed E-state index contributed by atoms with van der Waals surface area (Å²) in [4.78, 5) is 11.5. The lowest BCUT2D eigenvalue weighted by Gasteiger charge is -2.11. The zero-order valence-corrected chi connectivity index (χ0v) is 10.8. The topological polar surface area (TPSA) is 49.3 Å². The Kier molecular flexibility index (Phi) is 5.30. The monoisotopic (exact) mass is 327 g/mol. The standard InChI is InChI=1S/C10H9BrClF2NO2/c11-5-1-2-6(7(12)3-5)10(17)15-4-8(16)9(13)14/h1-3,8-9,16H,4H2,(H,15,17). The lowest BCUT2D eigenvalue weighted by atomic mass is 10.2. The van der Waals surface area contributed by atoms with Gasteiger partial charge in [-0.25, -0.2) is 8.78 Å². The van der Waals surface area contributed by atoms with E-state index in [1.54, 1.807) is 6.07 Å². The van der Waals surface area contributed by atoms with E-state index in [1.807, 2.05) is 0 Å². The molecule has 0 aromatic heterocycles. The normalized spacial score (nSPS) is 12.6. The van der Waals surface area contributed by atoms with Gasteiger partial charge in [0.25, 0.3) is 12.3 Å². The third-order valence-corrected chi connectivity index (χ3v) is 2.74. The minimum atomic E-state index is -2.89. The molecule has 0 aliphatic carbocycles. The molecule has 0 bridgehead atoms. The van der Waals surface area contributed by atoms with E-state index in [0.29, 0.717) is 4.47 Å². The maximum absolute atomic E-state index is 12.0. The molecule has 1 amide bonds. The van der Waals surface area contributed by atoms with Crippen molar-refractivity contribution >= 4 is 33.4 Å². The molecule has 0 heterocycles. The van der Waals surface area contributed by atoms with Crippen molar-refractivity contribution in [3.05, 3.63) is 33.3 Å². The molecule has 0 spiro atoms. The van der Waals surface area contributed by atoms with Gasteiger partial charge in [-0.1, -0.05) is 27.5 Å². The fourth-order valence-corrected chi connectivity index (χ4v) is 1.81. The van der Waals surface area contributed by atoms with E-state index in [-0.39, 0.29) is 10.6 Å². The van der Waals surface area contributed by atoms with Gasteiger partial charge < -0.3 is 10.4 Å². The minimum Gasteiger partial charge on any atom is -0.385 e. The van der Waals surface area contributed by atoms with Gasteiger partial charge >= 0.3 is 0 Å². The molecule has 0 radical (unpaired) electrons. The van der Waals surface area contributed by atoms with Crippen LogP contribution in [-0.2, 0) is 0 Å². The number of nitrogens with one attached hydrogen (secondary N) is 1. The van der Waals surface area contributed by atoms with E-state index in [0.717, 1.165) is 0 Å². The first-order chi connectivity index (χ1) is 7.91. The number of carbonyl (C=O) groups excluding carboxylic acids is 1. The van der Waals surface area contributed by atoms with Gasteiger partial charge in [0.15, 0.2) is 0 Å². The number of rotatable bonds is 4. The summed E-state index contributed by atoms with van der Waals surface area (Å²) < 4.78 is 24.7. The Morgan fingerprint density at radius 1 is 1.53 bits per heavy atom. The summed E-state index contributed by atoms with van der Waals surface area (Å²) in [5, 5.41) is 11.2. The quantitative estimate of drug-likeness (QED) is 0.892. The van der Waals surface area contributed by atoms with Crippen LogP contribution in [0.4, 0.5) is 8.78 Å². The number of amides is 1. The molecule has 0 aliphatic rings. The molecule has 2 N–H and O–H groups in total. The van der Waals surface area contributed by atoms with Crippen LogP contribution in [0, 0.1) is 0 Å². The van der Waals surface area contributed by atoms with Gasteiger partial charge in [-0.3, -0.25) is 4.79 Å². The van der Waals surface area contributed by atoms with Crippen molar-refractivity contribution in [2.24, 2.45) is 0 Å². The second-order valence-electron chi connectivity index (χ2n) is 3.24. The molecule has 0 fully saturated rings. The molecule has 7 heteroatoms. The molecular formula is C10H9BrClF2NO2. The number of alkyl halides is 2. The number of halogens is 4. The molecule has 1 unspecified atom stereocenters. The summed E-state index contributed by atoms with van der Waals surface area (Å²) in [6, 6.07) is 4.57. The van der Waals surface area contributed by atoms with Crippen LogP contribution in [0.2, 0.25) is 5.02 Å². The van der Waals surface area contributed by atoms with Gasteiger partial charge in [-0.2, -0.15) is 0 Å². The molecule has 0 saturated carbocycles. The van der Waals surface area contributed by atoms with Crippen molar-refractivity contribution in [1.29, 1.82) is 0 Å². The Hall–Kier alpha value is -0.720. The highest BCUT2D eigenvalue weighted by molar-refractivity contribution is 9.10. The van der Waals surface area contributed by atoms with Crippen LogP contribution in [-0.4, -0.2) is 30.1 Å². The van der Waals surface area contributed by atoms with Gasteiger partial charge in [0, 0.05) is 11.0 Å². The first-order valence-corrected chi connectivity index (χ1v) is 5.78. The maximum Gasteiger partial charge on any atom is 0.265 e. The van der Waals surface area contributed by atoms with Crippen molar-refractivity contribution in [3.8, 4) is 0 Å². The summed E-state index contributed by atoms with van der Waals surface area (Å²) in [5.74, 6) is -0.609. The molecule has 0 saturated heterocycles. The number of aliphatic hydroxyl groups excluding tert-OH is 1. The molecule has 1 rings (SSSR count). The van der Waals surface area contributed by atoms with Crippen molar-refractivity contribution in [3.63, 3.8) is 0 Å². The molecule has 1 atom stereocenters. The Bertz CT molecular complexity index is 417. The lowest BCUT2D eigenvalue weighted by Crippen LogP contribution is -2.35. The van der Waals surface area contributed by atoms with E-state index < -0.39 is 25.0 Å². The van der Waals surface area contributed by atoms with Gasteiger partial charge in [0.2, 0.25) is 0 Å². The molecular weight excluding hydrogens is 319 g/mol. The fourth-order valence-electron chi connectivity index (χ4n) is 1.06. The number of hydrogen-bond acceptors (Lipinski definition) is 2. The largest absolute Gasteiger partial charge is 0.385 e. The van der Waals surface area contributed by atoms with Crippen molar-refractivity contribution in [2.45, 2.75) is 12.5 Å². The summed E-state index contributed by atoms with van der Waals surface area (Å²) in [6.07, 6.45) is -4.77. The molecule has 1 aromatic carbocycles. The number of benzene rings is 1. The second-order valence-corrected chi connectivity index (χ2v) is 4.56. The van der Waals surface area contributed by atoms with Crippen LogP contribution in [0.25, 0.3) is 0 Å². The molecule has 17 heavy (non-hydrogen) atoms. The highest BCUT2D eigenvalue weighted by atomic mass is 79.9. The lowest BCUT2D eigenvalue weighted by molar-refractivity contribution is -0.00270. The van der Waals surface area contributed by atoms with E-state index in [1.165, 1.54) is 12.1 Å². The fraction of sp³-hybridized carbons (Fsp3) is 0.300. The highest BCUT2D eigenvalue weighted by Crippen LogP contribution is 2.21. The molecule has 94 valence electrons. The summed E-state index contributed by atoms with van der Waals surface area (Å²) >= 11 is 8.97. The maximum atomic E-state index is 12.0. The van der Waals surface area contributed by atoms with Crippen molar-refractivity contribution in [2.75, 3.05) is 6.54 Å². The predicted molar refractivity (Wildman–Crippen MR) is 63.5 cm³/mol. The first kappa shape index (κ1) is 14.3. The number of aliphatic hydroxyl groups is 1. The minimum absolute atomic E-state index is 0.163. The van der Waals surface area contributed by atoms with Crippen LogP contribution in [0.15, 0.2) is 22.7 Å². The van der Waals surface area contributed by atoms with Crippen LogP contribution in [0.1, 0.15) is 10.4 Å². The number of carbonyl (C=O) groups is 1. The van der Waals surface area contributed by atoms with E-state index in [9.17, 15) is 13.6 Å². The SMILES string of the molecule is O=C(NCC(O)C(F)F)c1ccc(Br)cc1Cl. The zero-order valence-electron chi connectivity index (χ0n) is 8.46. The van der Waals surface area contributed by atoms with Gasteiger partial charge in [0.05, 0.1) is 10.6 Å². The van der Waals surface area contributed by atoms with E-state index in [4.69, 9.17) is 16.7 Å². The van der Waals surface area contributed by atoms with Gasteiger partial charge in [0.1, 0.15) is 6.10 Å². The highest BCUT2D eigenvalue weighted by Gasteiger charge is 2.18. The van der Waals surface area contributed by atoms with Crippen LogP contribution in [0.5, 0.6) is 0 Å². The second kappa shape index (κ2) is 6.28. The van der Waals surface area contributed by atoms with E-state index >= 15 is 0 Å². The average Bonchev–Trinajstić information content (AvgIpc) is 2.25. The first-order valence-electron chi connectivity index (χ1n) is 4.61. The van der Waals surface area contributed by atoms with E-state index in [2.05, 4.69) is 21.2 Å². The smallest absolute Gasteiger partial charge is 0.265 e. The third kappa shape index (κ3) is 4.22. The van der Waals surface area contributed by atoms with Crippen molar-refractivity contribution < 1.29 is 18.7 Å².